The van der Waals surface area contributed by atoms with E-state index in [4.69, 9.17) is 0 Å². The predicted molar refractivity (Wildman–Crippen MR) is 117 cm³/mol. The van der Waals surface area contributed by atoms with Crippen LogP contribution < -0.4 is 10.9 Å². The highest BCUT2D eigenvalue weighted by Gasteiger charge is 2.21. The number of rotatable bonds is 6. The highest BCUT2D eigenvalue weighted by atomic mass is 16.1. The van der Waals surface area contributed by atoms with Gasteiger partial charge in [-0.3, -0.25) is 18.6 Å². The third-order valence-electron chi connectivity index (χ3n) is 6.08. The molecular weight excluding hydrogens is 378 g/mol. The minimum Gasteiger partial charge on any atom is -0.353 e. The molecule has 2 aromatic heterocycles. The quantitative estimate of drug-likeness (QED) is 0.677. The van der Waals surface area contributed by atoms with Gasteiger partial charge in [0.15, 0.2) is 0 Å². The summed E-state index contributed by atoms with van der Waals surface area (Å²) in [6.45, 7) is 7.00. The molecule has 1 amide bonds. The van der Waals surface area contributed by atoms with Crippen LogP contribution in [-0.2, 0) is 17.8 Å². The molecule has 0 aliphatic heterocycles. The molecule has 30 heavy (non-hydrogen) atoms. The van der Waals surface area contributed by atoms with E-state index >= 15 is 0 Å². The standard InChI is InChI=1S/C23H31N5O2/c1-15(2)14-27-22(30)18-6-4-5-7-19(18)28-20(25-26-23(27)28)12-13-21(29)24-17-10-8-16(3)9-11-17/h4-7,15-17H,8-14H2,1-3H3,(H,24,29). The molecular formula is C23H31N5O2. The van der Waals surface area contributed by atoms with Gasteiger partial charge in [0.25, 0.3) is 5.56 Å². The maximum absolute atomic E-state index is 13.0. The smallest absolute Gasteiger partial charge is 0.262 e. The molecule has 7 nitrogen and oxygen atoms in total. The molecule has 7 heteroatoms. The molecule has 160 valence electrons. The van der Waals surface area contributed by atoms with Crippen LogP contribution in [0.2, 0.25) is 0 Å². The van der Waals surface area contributed by atoms with Crippen molar-refractivity contribution in [2.75, 3.05) is 0 Å². The van der Waals surface area contributed by atoms with Crippen molar-refractivity contribution in [2.45, 2.75) is 71.9 Å². The van der Waals surface area contributed by atoms with Gasteiger partial charge in [-0.25, -0.2) is 0 Å². The Morgan fingerprint density at radius 1 is 1.17 bits per heavy atom. The van der Waals surface area contributed by atoms with E-state index in [-0.39, 0.29) is 11.5 Å². The van der Waals surface area contributed by atoms with Crippen molar-refractivity contribution >= 4 is 22.6 Å². The Balaban J connectivity index is 1.60. The molecule has 0 radical (unpaired) electrons. The fourth-order valence-corrected chi connectivity index (χ4v) is 4.44. The van der Waals surface area contributed by atoms with Gasteiger partial charge in [-0.05, 0) is 49.7 Å². The molecule has 1 saturated carbocycles. The van der Waals surface area contributed by atoms with Crippen LogP contribution in [0.4, 0.5) is 0 Å². The summed E-state index contributed by atoms with van der Waals surface area (Å²) in [6.07, 6.45) is 5.34. The first-order valence-electron chi connectivity index (χ1n) is 11.1. The summed E-state index contributed by atoms with van der Waals surface area (Å²) in [6, 6.07) is 7.83. The SMILES string of the molecule is CC(C)Cn1c(=O)c2ccccc2n2c(CCC(=O)NC3CCC(C)CC3)nnc12. The first-order chi connectivity index (χ1) is 14.4. The molecule has 0 atom stereocenters. The van der Waals surface area contributed by atoms with Crippen molar-refractivity contribution < 1.29 is 4.79 Å². The zero-order valence-corrected chi connectivity index (χ0v) is 18.1. The number of carbonyl (C=O) groups excluding carboxylic acids is 1. The van der Waals surface area contributed by atoms with Crippen molar-refractivity contribution in [3.63, 3.8) is 0 Å². The van der Waals surface area contributed by atoms with Crippen molar-refractivity contribution in [2.24, 2.45) is 11.8 Å². The predicted octanol–water partition coefficient (Wildman–Crippen LogP) is 3.33. The van der Waals surface area contributed by atoms with Crippen LogP contribution in [0, 0.1) is 11.8 Å². The Hall–Kier alpha value is -2.70. The van der Waals surface area contributed by atoms with Crippen molar-refractivity contribution in [1.29, 1.82) is 0 Å². The van der Waals surface area contributed by atoms with Gasteiger partial charge in [0.05, 0.1) is 10.9 Å². The Labute approximate surface area is 176 Å². The first-order valence-corrected chi connectivity index (χ1v) is 11.1. The first kappa shape index (κ1) is 20.6. The van der Waals surface area contributed by atoms with Crippen LogP contribution in [0.3, 0.4) is 0 Å². The topological polar surface area (TPSA) is 81.3 Å². The summed E-state index contributed by atoms with van der Waals surface area (Å²) in [5, 5.41) is 12.5. The average molecular weight is 410 g/mol. The van der Waals surface area contributed by atoms with Gasteiger partial charge in [0, 0.05) is 25.4 Å². The molecule has 4 rings (SSSR count). The lowest BCUT2D eigenvalue weighted by Gasteiger charge is -2.26. The molecule has 1 N–H and O–H groups in total. The van der Waals surface area contributed by atoms with Crippen LogP contribution in [-0.4, -0.2) is 31.1 Å². The van der Waals surface area contributed by atoms with Crippen LogP contribution >= 0.6 is 0 Å². The minimum absolute atomic E-state index is 0.0463. The number of amides is 1. The Morgan fingerprint density at radius 3 is 2.63 bits per heavy atom. The molecule has 1 aliphatic rings. The third kappa shape index (κ3) is 4.11. The normalized spacial score (nSPS) is 19.6. The molecule has 0 saturated heterocycles. The summed E-state index contributed by atoms with van der Waals surface area (Å²) in [7, 11) is 0. The number of hydrogen-bond acceptors (Lipinski definition) is 4. The number of carbonyl (C=O) groups is 1. The average Bonchev–Trinajstić information content (AvgIpc) is 3.15. The van der Waals surface area contributed by atoms with E-state index in [1.54, 1.807) is 4.57 Å². The van der Waals surface area contributed by atoms with E-state index in [0.29, 0.717) is 48.3 Å². The lowest BCUT2D eigenvalue weighted by Crippen LogP contribution is -2.37. The van der Waals surface area contributed by atoms with Gasteiger partial charge in [0.1, 0.15) is 5.82 Å². The number of aromatic nitrogens is 4. The van der Waals surface area contributed by atoms with E-state index in [1.165, 1.54) is 12.8 Å². The molecule has 2 heterocycles. The lowest BCUT2D eigenvalue weighted by atomic mass is 9.87. The summed E-state index contributed by atoms with van der Waals surface area (Å²) in [4.78, 5) is 25.5. The maximum atomic E-state index is 13.0. The Morgan fingerprint density at radius 2 is 1.90 bits per heavy atom. The Bertz CT molecular complexity index is 1110. The number of fused-ring (bicyclic) bond motifs is 3. The number of nitrogens with zero attached hydrogens (tertiary/aromatic N) is 4. The zero-order valence-electron chi connectivity index (χ0n) is 18.1. The van der Waals surface area contributed by atoms with E-state index in [9.17, 15) is 9.59 Å². The summed E-state index contributed by atoms with van der Waals surface area (Å²) < 4.78 is 3.64. The molecule has 0 unspecified atom stereocenters. The van der Waals surface area contributed by atoms with Gasteiger partial charge in [-0.2, -0.15) is 0 Å². The zero-order chi connectivity index (χ0) is 21.3. The highest BCUT2D eigenvalue weighted by Crippen LogP contribution is 2.23. The number of benzene rings is 1. The van der Waals surface area contributed by atoms with Gasteiger partial charge in [-0.1, -0.05) is 32.9 Å². The maximum Gasteiger partial charge on any atom is 0.262 e. The number of aryl methyl sites for hydroxylation is 1. The van der Waals surface area contributed by atoms with Crippen LogP contribution in [0.25, 0.3) is 16.7 Å². The highest BCUT2D eigenvalue weighted by molar-refractivity contribution is 5.80. The molecule has 1 fully saturated rings. The van der Waals surface area contributed by atoms with Crippen molar-refractivity contribution in [3.8, 4) is 0 Å². The molecule has 1 aliphatic carbocycles. The van der Waals surface area contributed by atoms with E-state index in [2.05, 4.69) is 36.3 Å². The number of para-hydroxylation sites is 1. The monoisotopic (exact) mass is 409 g/mol. The summed E-state index contributed by atoms with van der Waals surface area (Å²) in [5.74, 6) is 2.38. The van der Waals surface area contributed by atoms with Gasteiger partial charge < -0.3 is 5.32 Å². The van der Waals surface area contributed by atoms with Crippen LogP contribution in [0.1, 0.15) is 58.7 Å². The molecule has 0 spiro atoms. The van der Waals surface area contributed by atoms with Crippen molar-refractivity contribution in [1.82, 2.24) is 24.5 Å². The van der Waals surface area contributed by atoms with Gasteiger partial charge in [-0.15, -0.1) is 10.2 Å². The van der Waals surface area contributed by atoms with Crippen LogP contribution in [0.15, 0.2) is 29.1 Å². The number of nitrogens with one attached hydrogen (secondary N) is 1. The second-order valence-corrected chi connectivity index (χ2v) is 9.10. The third-order valence-corrected chi connectivity index (χ3v) is 6.08. The van der Waals surface area contributed by atoms with Gasteiger partial charge in [0.2, 0.25) is 11.7 Å². The minimum atomic E-state index is -0.0463. The molecule has 1 aromatic carbocycles. The fourth-order valence-electron chi connectivity index (χ4n) is 4.44. The van der Waals surface area contributed by atoms with E-state index in [0.717, 1.165) is 24.3 Å². The second-order valence-electron chi connectivity index (χ2n) is 9.10. The van der Waals surface area contributed by atoms with E-state index in [1.807, 2.05) is 28.7 Å². The Kier molecular flexibility index (Phi) is 5.88. The lowest BCUT2D eigenvalue weighted by molar-refractivity contribution is -0.122. The number of hydrogen-bond donors (Lipinski definition) is 1. The van der Waals surface area contributed by atoms with Gasteiger partial charge >= 0.3 is 0 Å². The molecule has 3 aromatic rings. The fraction of sp³-hybridized carbons (Fsp3) is 0.565. The summed E-state index contributed by atoms with van der Waals surface area (Å²) >= 11 is 0. The molecule has 0 bridgehead atoms. The van der Waals surface area contributed by atoms with E-state index < -0.39 is 0 Å². The second kappa shape index (κ2) is 8.58. The summed E-state index contributed by atoms with van der Waals surface area (Å²) in [5.41, 5.74) is 0.745. The largest absolute Gasteiger partial charge is 0.353 e. The van der Waals surface area contributed by atoms with Crippen LogP contribution in [0.5, 0.6) is 0 Å². The van der Waals surface area contributed by atoms with Crippen molar-refractivity contribution in [3.05, 3.63) is 40.4 Å².